The molecule has 0 saturated carbocycles. The van der Waals surface area contributed by atoms with Gasteiger partial charge in [-0.25, -0.2) is 0 Å². The van der Waals surface area contributed by atoms with Crippen LogP contribution >= 0.6 is 11.8 Å². The minimum absolute atomic E-state index is 0.308. The van der Waals surface area contributed by atoms with E-state index < -0.39 is 0 Å². The second kappa shape index (κ2) is 16.2. The summed E-state index contributed by atoms with van der Waals surface area (Å²) in [6, 6.07) is 10.3. The summed E-state index contributed by atoms with van der Waals surface area (Å²) in [5, 5.41) is 0. The lowest BCUT2D eigenvalue weighted by Gasteiger charge is -2.23. The Morgan fingerprint density at radius 1 is 0.769 bits per heavy atom. The summed E-state index contributed by atoms with van der Waals surface area (Å²) in [5.74, 6) is 0.873. The highest BCUT2D eigenvalue weighted by Gasteiger charge is 2.13. The normalized spacial score (nSPS) is 10.8. The molecule has 0 spiro atoms. The molecule has 0 aliphatic heterocycles. The number of carbonyl (C=O) groups is 1. The van der Waals surface area contributed by atoms with Crippen molar-refractivity contribution in [2.45, 2.75) is 89.4 Å². The van der Waals surface area contributed by atoms with Crippen molar-refractivity contribution >= 4 is 17.7 Å². The molecular weight excluding hydrogens is 338 g/mol. The fourth-order valence-corrected chi connectivity index (χ4v) is 3.93. The third-order valence-electron chi connectivity index (χ3n) is 4.77. The topological polar surface area (TPSA) is 20.3 Å². The van der Waals surface area contributed by atoms with Crippen LogP contribution in [0.3, 0.4) is 0 Å². The maximum atomic E-state index is 12.7. The SMILES string of the molecule is CCCCCCCCN(CCCCCCC)C(=O)CSc1ccccc1. The first-order chi connectivity index (χ1) is 12.8. The first kappa shape index (κ1) is 23.1. The van der Waals surface area contributed by atoms with Gasteiger partial charge in [-0.2, -0.15) is 0 Å². The lowest BCUT2D eigenvalue weighted by Crippen LogP contribution is -2.34. The molecule has 0 aromatic heterocycles. The Morgan fingerprint density at radius 3 is 1.81 bits per heavy atom. The zero-order valence-electron chi connectivity index (χ0n) is 17.0. The van der Waals surface area contributed by atoms with Gasteiger partial charge in [-0.15, -0.1) is 11.8 Å². The van der Waals surface area contributed by atoms with E-state index in [2.05, 4.69) is 30.9 Å². The summed E-state index contributed by atoms with van der Waals surface area (Å²) in [5.41, 5.74) is 0. The highest BCUT2D eigenvalue weighted by molar-refractivity contribution is 8.00. The molecule has 0 aliphatic rings. The van der Waals surface area contributed by atoms with Crippen LogP contribution in [0.5, 0.6) is 0 Å². The number of hydrogen-bond donors (Lipinski definition) is 0. The van der Waals surface area contributed by atoms with Gasteiger partial charge in [0.05, 0.1) is 5.75 Å². The number of amides is 1. The van der Waals surface area contributed by atoms with Crippen molar-refractivity contribution in [2.24, 2.45) is 0 Å². The van der Waals surface area contributed by atoms with Gasteiger partial charge in [0.1, 0.15) is 0 Å². The smallest absolute Gasteiger partial charge is 0.232 e. The van der Waals surface area contributed by atoms with Crippen molar-refractivity contribution in [1.82, 2.24) is 4.90 Å². The molecule has 0 N–H and O–H groups in total. The molecular formula is C23H39NOS. The molecule has 1 aromatic carbocycles. The van der Waals surface area contributed by atoms with E-state index in [0.717, 1.165) is 25.9 Å². The Morgan fingerprint density at radius 2 is 1.27 bits per heavy atom. The molecule has 3 heteroatoms. The standard InChI is InChI=1S/C23H39NOS/c1-3-5-7-9-11-16-20-24(19-15-10-8-6-4-2)23(25)21-26-22-17-13-12-14-18-22/h12-14,17-18H,3-11,15-16,19-21H2,1-2H3. The van der Waals surface area contributed by atoms with Gasteiger partial charge in [-0.1, -0.05) is 89.8 Å². The number of thioether (sulfide) groups is 1. The molecule has 0 atom stereocenters. The molecule has 0 heterocycles. The summed E-state index contributed by atoms with van der Waals surface area (Å²) in [6.07, 6.45) is 14.0. The van der Waals surface area contributed by atoms with Crippen molar-refractivity contribution in [2.75, 3.05) is 18.8 Å². The zero-order valence-corrected chi connectivity index (χ0v) is 17.9. The molecule has 0 unspecified atom stereocenters. The Balaban J connectivity index is 2.35. The van der Waals surface area contributed by atoms with E-state index in [1.54, 1.807) is 11.8 Å². The number of rotatable bonds is 16. The van der Waals surface area contributed by atoms with Crippen LogP contribution in [0.1, 0.15) is 84.5 Å². The van der Waals surface area contributed by atoms with Gasteiger partial charge in [-0.3, -0.25) is 4.79 Å². The largest absolute Gasteiger partial charge is 0.342 e. The summed E-state index contributed by atoms with van der Waals surface area (Å²) in [6.45, 7) is 6.37. The van der Waals surface area contributed by atoms with Crippen LogP contribution in [0.25, 0.3) is 0 Å². The lowest BCUT2D eigenvalue weighted by molar-refractivity contribution is -0.128. The Labute approximate surface area is 166 Å². The first-order valence-corrected chi connectivity index (χ1v) is 11.7. The fraction of sp³-hybridized carbons (Fsp3) is 0.696. The monoisotopic (exact) mass is 377 g/mol. The van der Waals surface area contributed by atoms with E-state index in [9.17, 15) is 4.79 Å². The number of hydrogen-bond acceptors (Lipinski definition) is 2. The minimum atomic E-state index is 0.308. The van der Waals surface area contributed by atoms with Gasteiger partial charge in [0, 0.05) is 18.0 Å². The second-order valence-electron chi connectivity index (χ2n) is 7.16. The quantitative estimate of drug-likeness (QED) is 0.230. The number of benzene rings is 1. The van der Waals surface area contributed by atoms with Gasteiger partial charge in [0.2, 0.25) is 5.91 Å². The second-order valence-corrected chi connectivity index (χ2v) is 8.21. The van der Waals surface area contributed by atoms with E-state index in [4.69, 9.17) is 0 Å². The van der Waals surface area contributed by atoms with Crippen molar-refractivity contribution in [1.29, 1.82) is 0 Å². The molecule has 0 saturated heterocycles. The van der Waals surface area contributed by atoms with Gasteiger partial charge in [0.25, 0.3) is 0 Å². The average molecular weight is 378 g/mol. The predicted molar refractivity (Wildman–Crippen MR) is 116 cm³/mol. The summed E-state index contributed by atoms with van der Waals surface area (Å²) >= 11 is 1.66. The molecule has 2 nitrogen and oxygen atoms in total. The van der Waals surface area contributed by atoms with Gasteiger partial charge >= 0.3 is 0 Å². The Bertz CT molecular complexity index is 449. The lowest BCUT2D eigenvalue weighted by atomic mass is 10.1. The number of carbonyl (C=O) groups excluding carboxylic acids is 1. The molecule has 0 fully saturated rings. The predicted octanol–water partition coefficient (Wildman–Crippen LogP) is 6.94. The minimum Gasteiger partial charge on any atom is -0.342 e. The Kier molecular flexibility index (Phi) is 14.4. The van der Waals surface area contributed by atoms with Crippen LogP contribution in [-0.4, -0.2) is 29.6 Å². The van der Waals surface area contributed by atoms with Crippen LogP contribution in [0.4, 0.5) is 0 Å². The third-order valence-corrected chi connectivity index (χ3v) is 5.77. The highest BCUT2D eigenvalue weighted by Crippen LogP contribution is 2.18. The first-order valence-electron chi connectivity index (χ1n) is 10.7. The summed E-state index contributed by atoms with van der Waals surface area (Å²) in [4.78, 5) is 16.0. The van der Waals surface area contributed by atoms with Crippen LogP contribution in [0.15, 0.2) is 35.2 Å². The van der Waals surface area contributed by atoms with E-state index in [1.807, 2.05) is 18.2 Å². The van der Waals surface area contributed by atoms with Crippen molar-refractivity contribution < 1.29 is 4.79 Å². The molecule has 148 valence electrons. The van der Waals surface area contributed by atoms with E-state index in [-0.39, 0.29) is 0 Å². The third kappa shape index (κ3) is 11.6. The fourth-order valence-electron chi connectivity index (χ4n) is 3.10. The van der Waals surface area contributed by atoms with E-state index >= 15 is 0 Å². The molecule has 0 aliphatic carbocycles. The van der Waals surface area contributed by atoms with Crippen LogP contribution in [-0.2, 0) is 4.79 Å². The zero-order chi connectivity index (χ0) is 18.9. The average Bonchev–Trinajstić information content (AvgIpc) is 2.67. The van der Waals surface area contributed by atoms with Gasteiger partial charge in [-0.05, 0) is 25.0 Å². The van der Waals surface area contributed by atoms with Gasteiger partial charge < -0.3 is 4.90 Å². The van der Waals surface area contributed by atoms with Crippen molar-refractivity contribution in [3.8, 4) is 0 Å². The van der Waals surface area contributed by atoms with Crippen molar-refractivity contribution in [3.05, 3.63) is 30.3 Å². The van der Waals surface area contributed by atoms with Crippen LogP contribution < -0.4 is 0 Å². The summed E-state index contributed by atoms with van der Waals surface area (Å²) < 4.78 is 0. The molecule has 0 radical (unpaired) electrons. The van der Waals surface area contributed by atoms with Crippen molar-refractivity contribution in [3.63, 3.8) is 0 Å². The number of nitrogens with zero attached hydrogens (tertiary/aromatic N) is 1. The highest BCUT2D eigenvalue weighted by atomic mass is 32.2. The number of unbranched alkanes of at least 4 members (excludes halogenated alkanes) is 9. The maximum Gasteiger partial charge on any atom is 0.232 e. The van der Waals surface area contributed by atoms with E-state index in [0.29, 0.717) is 11.7 Å². The molecule has 1 rings (SSSR count). The Hall–Kier alpha value is -0.960. The molecule has 26 heavy (non-hydrogen) atoms. The van der Waals surface area contributed by atoms with E-state index in [1.165, 1.54) is 62.7 Å². The molecule has 1 amide bonds. The van der Waals surface area contributed by atoms with Crippen LogP contribution in [0, 0.1) is 0 Å². The van der Waals surface area contributed by atoms with Gasteiger partial charge in [0.15, 0.2) is 0 Å². The maximum absolute atomic E-state index is 12.7. The molecule has 0 bridgehead atoms. The van der Waals surface area contributed by atoms with Crippen LogP contribution in [0.2, 0.25) is 0 Å². The molecule has 1 aromatic rings. The summed E-state index contributed by atoms with van der Waals surface area (Å²) in [7, 11) is 0.